The summed E-state index contributed by atoms with van der Waals surface area (Å²) in [4.78, 5) is 74.5. The van der Waals surface area contributed by atoms with E-state index in [9.17, 15) is 28.8 Å². The zero-order valence-electron chi connectivity index (χ0n) is 20.1. The molecular weight excluding hydrogens is 484 g/mol. The number of hydrogen-bond donors (Lipinski definition) is 2. The molecule has 2 aromatic carbocycles. The van der Waals surface area contributed by atoms with Crippen molar-refractivity contribution in [1.82, 2.24) is 0 Å². The van der Waals surface area contributed by atoms with Crippen molar-refractivity contribution >= 4 is 46.8 Å². The Morgan fingerprint density at radius 2 is 1.08 bits per heavy atom. The molecule has 11 heteroatoms. The van der Waals surface area contributed by atoms with Crippen molar-refractivity contribution in [2.24, 2.45) is 0 Å². The maximum atomic E-state index is 12.8. The highest BCUT2D eigenvalue weighted by Gasteiger charge is 2.30. The molecule has 0 atom stereocenters. The van der Waals surface area contributed by atoms with Crippen molar-refractivity contribution in [3.05, 3.63) is 84.0 Å². The van der Waals surface area contributed by atoms with Gasteiger partial charge in [0.2, 0.25) is 0 Å². The largest absolute Gasteiger partial charge is 0.465 e. The van der Waals surface area contributed by atoms with Gasteiger partial charge in [0.15, 0.2) is 0 Å². The predicted octanol–water partition coefficient (Wildman–Crippen LogP) is 2.59. The number of ketones is 2. The van der Waals surface area contributed by atoms with Gasteiger partial charge in [-0.05, 0) is 36.4 Å². The van der Waals surface area contributed by atoms with Crippen molar-refractivity contribution in [3.8, 4) is 0 Å². The van der Waals surface area contributed by atoms with Gasteiger partial charge in [-0.25, -0.2) is 19.2 Å². The molecule has 0 fully saturated rings. The monoisotopic (exact) mass is 508 g/mol. The van der Waals surface area contributed by atoms with E-state index in [2.05, 4.69) is 38.0 Å². The normalized spacial score (nSPS) is 9.89. The zero-order valence-corrected chi connectivity index (χ0v) is 20.1. The molecule has 0 aliphatic rings. The third-order valence-corrected chi connectivity index (χ3v) is 4.80. The van der Waals surface area contributed by atoms with Gasteiger partial charge in [-0.2, -0.15) is 0 Å². The molecule has 2 N–H and O–H groups in total. The van der Waals surface area contributed by atoms with Gasteiger partial charge in [0.25, 0.3) is 11.6 Å². The lowest BCUT2D eigenvalue weighted by molar-refractivity contribution is -0.152. The summed E-state index contributed by atoms with van der Waals surface area (Å²) in [6.45, 7) is 7.51. The van der Waals surface area contributed by atoms with Crippen LogP contribution in [0.3, 0.4) is 0 Å². The van der Waals surface area contributed by atoms with Crippen LogP contribution in [0.15, 0.2) is 61.7 Å². The molecule has 0 amide bonds. The first-order valence-electron chi connectivity index (χ1n) is 10.7. The summed E-state index contributed by atoms with van der Waals surface area (Å²) >= 11 is 0. The fraction of sp³-hybridized carbons (Fsp3) is 0.154. The smallest absolute Gasteiger partial charge is 0.387 e. The molecule has 0 heterocycles. The van der Waals surface area contributed by atoms with Crippen LogP contribution in [-0.2, 0) is 23.8 Å². The highest BCUT2D eigenvalue weighted by atomic mass is 16.6. The van der Waals surface area contributed by atoms with Gasteiger partial charge < -0.3 is 24.8 Å². The first-order chi connectivity index (χ1) is 17.7. The summed E-state index contributed by atoms with van der Waals surface area (Å²) in [5, 5.41) is 5.65. The highest BCUT2D eigenvalue weighted by molar-refractivity contribution is 6.49. The number of nitrogens with one attached hydrogen (secondary N) is 2. The molecule has 0 saturated carbocycles. The van der Waals surface area contributed by atoms with Gasteiger partial charge in [-0.3, -0.25) is 9.59 Å². The van der Waals surface area contributed by atoms with E-state index in [1.807, 2.05) is 0 Å². The SMILES string of the molecule is C=CCNc1ccc(C(=O)OC)cc1C(=O)C(=O)OC(=O)C(=O)c1cc(C(=O)OC)ccc1NCC=C. The minimum atomic E-state index is -1.66. The summed E-state index contributed by atoms with van der Waals surface area (Å²) in [6.07, 6.45) is 2.98. The lowest BCUT2D eigenvalue weighted by Crippen LogP contribution is -2.28. The second-order valence-electron chi connectivity index (χ2n) is 7.18. The first-order valence-corrected chi connectivity index (χ1v) is 10.7. The van der Waals surface area contributed by atoms with E-state index in [1.165, 1.54) is 36.4 Å². The standard InChI is InChI=1S/C26H24N2O9/c1-5-11-27-19-9-7-15(23(31)35-3)13-17(19)21(29)25(33)37-26(34)22(30)18-14-16(24(32)36-4)8-10-20(18)28-12-6-2/h5-10,13-14,27-28H,1-2,11-12H2,3-4H3. The molecule has 2 rings (SSSR count). The lowest BCUT2D eigenvalue weighted by Gasteiger charge is -2.12. The molecular formula is C26H24N2O9. The molecule has 0 aliphatic carbocycles. The Morgan fingerprint density at radius 1 is 0.703 bits per heavy atom. The number of carbonyl (C=O) groups excluding carboxylic acids is 6. The van der Waals surface area contributed by atoms with E-state index in [-0.39, 0.29) is 46.7 Å². The number of ether oxygens (including phenoxy) is 3. The Labute approximate surface area is 212 Å². The quantitative estimate of drug-likeness (QED) is 0.109. The van der Waals surface area contributed by atoms with Crippen LogP contribution in [0.4, 0.5) is 11.4 Å². The van der Waals surface area contributed by atoms with Gasteiger partial charge in [-0.1, -0.05) is 12.2 Å². The molecule has 37 heavy (non-hydrogen) atoms. The minimum Gasteiger partial charge on any atom is -0.465 e. The number of rotatable bonds is 12. The summed E-state index contributed by atoms with van der Waals surface area (Å²) < 4.78 is 13.8. The fourth-order valence-corrected chi connectivity index (χ4v) is 3.02. The van der Waals surface area contributed by atoms with Crippen molar-refractivity contribution < 1.29 is 43.0 Å². The van der Waals surface area contributed by atoms with Crippen LogP contribution in [0.1, 0.15) is 41.4 Å². The predicted molar refractivity (Wildman–Crippen MR) is 133 cm³/mol. The summed E-state index contributed by atoms with van der Waals surface area (Å²) in [5.74, 6) is -7.46. The molecule has 192 valence electrons. The molecule has 0 spiro atoms. The number of esters is 4. The number of methoxy groups -OCH3 is 2. The molecule has 2 aromatic rings. The van der Waals surface area contributed by atoms with Crippen LogP contribution < -0.4 is 10.6 Å². The molecule has 0 bridgehead atoms. The highest BCUT2D eigenvalue weighted by Crippen LogP contribution is 2.22. The Hall–Kier alpha value is -5.06. The van der Waals surface area contributed by atoms with Crippen molar-refractivity contribution in [3.63, 3.8) is 0 Å². The molecule has 0 unspecified atom stereocenters. The van der Waals surface area contributed by atoms with Gasteiger partial charge in [0.05, 0.1) is 36.5 Å². The molecule has 0 saturated heterocycles. The number of benzene rings is 2. The van der Waals surface area contributed by atoms with Crippen LogP contribution >= 0.6 is 0 Å². The van der Waals surface area contributed by atoms with Crippen LogP contribution in [0, 0.1) is 0 Å². The molecule has 0 radical (unpaired) electrons. The van der Waals surface area contributed by atoms with E-state index in [1.54, 1.807) is 0 Å². The molecule has 0 aliphatic heterocycles. The Morgan fingerprint density at radius 3 is 1.41 bits per heavy atom. The summed E-state index contributed by atoms with van der Waals surface area (Å²) in [5.41, 5.74) is -0.373. The van der Waals surface area contributed by atoms with Crippen LogP contribution in [0.2, 0.25) is 0 Å². The topological polar surface area (TPSA) is 154 Å². The van der Waals surface area contributed by atoms with Crippen molar-refractivity contribution in [2.75, 3.05) is 37.9 Å². The average molecular weight is 508 g/mol. The van der Waals surface area contributed by atoms with Crippen LogP contribution in [0.25, 0.3) is 0 Å². The van der Waals surface area contributed by atoms with Gasteiger partial charge in [-0.15, -0.1) is 13.2 Å². The number of Topliss-reactive ketones (excluding diaryl/α,β-unsaturated/α-hetero) is 2. The average Bonchev–Trinajstić information content (AvgIpc) is 2.92. The first kappa shape index (κ1) is 28.2. The number of carbonyl (C=O) groups is 6. The van der Waals surface area contributed by atoms with Gasteiger partial charge in [0, 0.05) is 24.5 Å². The van der Waals surface area contributed by atoms with E-state index >= 15 is 0 Å². The third-order valence-electron chi connectivity index (χ3n) is 4.80. The third kappa shape index (κ3) is 6.98. The molecule has 11 nitrogen and oxygen atoms in total. The number of hydrogen-bond acceptors (Lipinski definition) is 11. The van der Waals surface area contributed by atoms with Crippen LogP contribution in [0.5, 0.6) is 0 Å². The van der Waals surface area contributed by atoms with Crippen LogP contribution in [-0.4, -0.2) is 62.8 Å². The zero-order chi connectivity index (χ0) is 27.5. The minimum absolute atomic E-state index is 0.0391. The van der Waals surface area contributed by atoms with E-state index in [0.717, 1.165) is 26.4 Å². The molecule has 0 aromatic heterocycles. The Bertz CT molecular complexity index is 1180. The van der Waals surface area contributed by atoms with Crippen molar-refractivity contribution in [1.29, 1.82) is 0 Å². The van der Waals surface area contributed by atoms with Gasteiger partial charge >= 0.3 is 23.9 Å². The van der Waals surface area contributed by atoms with Crippen molar-refractivity contribution in [2.45, 2.75) is 0 Å². The van der Waals surface area contributed by atoms with E-state index < -0.39 is 35.4 Å². The summed E-state index contributed by atoms with van der Waals surface area (Å²) in [6, 6.07) is 7.62. The fourth-order valence-electron chi connectivity index (χ4n) is 3.02. The number of anilines is 2. The van der Waals surface area contributed by atoms with E-state index in [4.69, 9.17) is 0 Å². The Balaban J connectivity index is 2.35. The second kappa shape index (κ2) is 13.1. The maximum absolute atomic E-state index is 12.8. The van der Waals surface area contributed by atoms with E-state index in [0.29, 0.717) is 0 Å². The second-order valence-corrected chi connectivity index (χ2v) is 7.18. The van der Waals surface area contributed by atoms with Gasteiger partial charge in [0.1, 0.15) is 0 Å². The summed E-state index contributed by atoms with van der Waals surface area (Å²) in [7, 11) is 2.28. The lowest BCUT2D eigenvalue weighted by atomic mass is 10.0. The maximum Gasteiger partial charge on any atom is 0.387 e. The Kier molecular flexibility index (Phi) is 10.0.